The molecule has 94 valence electrons. The predicted molar refractivity (Wildman–Crippen MR) is 66.6 cm³/mol. The fourth-order valence-corrected chi connectivity index (χ4v) is 2.76. The van der Waals surface area contributed by atoms with Crippen molar-refractivity contribution in [1.82, 2.24) is 4.90 Å². The van der Waals surface area contributed by atoms with Gasteiger partial charge < -0.3 is 4.74 Å². The maximum Gasteiger partial charge on any atom is 0.324 e. The van der Waals surface area contributed by atoms with Gasteiger partial charge in [0.25, 0.3) is 0 Å². The van der Waals surface area contributed by atoms with Crippen LogP contribution >= 0.6 is 11.3 Å². The van der Waals surface area contributed by atoms with E-state index in [9.17, 15) is 10.1 Å². The summed E-state index contributed by atoms with van der Waals surface area (Å²) in [5.41, 5.74) is 0. The smallest absolute Gasteiger partial charge is 0.324 e. The number of ether oxygens (including phenoxy) is 1. The van der Waals surface area contributed by atoms with Crippen molar-refractivity contribution in [1.29, 1.82) is 0 Å². The average Bonchev–Trinajstić information content (AvgIpc) is 2.79. The SMILES string of the molecule is O=[N+]([O-])c1ccc(CCCN2CCOCC2)s1. The highest BCUT2D eigenvalue weighted by atomic mass is 32.1. The number of nitro groups is 1. The van der Waals surface area contributed by atoms with E-state index in [1.165, 1.54) is 11.3 Å². The number of hydrogen-bond donors (Lipinski definition) is 0. The Bertz CT molecular complexity index is 375. The van der Waals surface area contributed by atoms with Gasteiger partial charge in [-0.3, -0.25) is 15.0 Å². The van der Waals surface area contributed by atoms with E-state index in [2.05, 4.69) is 4.90 Å². The van der Waals surface area contributed by atoms with Gasteiger partial charge in [0.05, 0.1) is 18.1 Å². The molecule has 1 saturated heterocycles. The van der Waals surface area contributed by atoms with Crippen molar-refractivity contribution in [3.63, 3.8) is 0 Å². The zero-order valence-electron chi connectivity index (χ0n) is 9.63. The van der Waals surface area contributed by atoms with Gasteiger partial charge in [0, 0.05) is 24.0 Å². The fraction of sp³-hybridized carbons (Fsp3) is 0.636. The lowest BCUT2D eigenvalue weighted by atomic mass is 10.2. The average molecular weight is 256 g/mol. The Kier molecular flexibility index (Phi) is 4.47. The first-order chi connectivity index (χ1) is 8.25. The first-order valence-corrected chi connectivity index (χ1v) is 6.60. The van der Waals surface area contributed by atoms with Gasteiger partial charge in [-0.15, -0.1) is 0 Å². The molecule has 1 aliphatic heterocycles. The van der Waals surface area contributed by atoms with Crippen LogP contribution in [0.1, 0.15) is 11.3 Å². The minimum absolute atomic E-state index is 0.242. The van der Waals surface area contributed by atoms with Crippen molar-refractivity contribution in [3.8, 4) is 0 Å². The van der Waals surface area contributed by atoms with Crippen LogP contribution in [0.25, 0.3) is 0 Å². The van der Waals surface area contributed by atoms with Crippen LogP contribution in [-0.4, -0.2) is 42.7 Å². The van der Waals surface area contributed by atoms with Crippen molar-refractivity contribution < 1.29 is 9.66 Å². The van der Waals surface area contributed by atoms with Crippen LogP contribution in [0, 0.1) is 10.1 Å². The molecule has 6 heteroatoms. The molecule has 0 unspecified atom stereocenters. The topological polar surface area (TPSA) is 55.6 Å². The molecule has 0 N–H and O–H groups in total. The number of thiophene rings is 1. The molecule has 0 amide bonds. The number of nitrogens with zero attached hydrogens (tertiary/aromatic N) is 2. The van der Waals surface area contributed by atoms with E-state index in [1.54, 1.807) is 6.07 Å². The van der Waals surface area contributed by atoms with Gasteiger partial charge in [-0.2, -0.15) is 0 Å². The van der Waals surface area contributed by atoms with Gasteiger partial charge in [0.1, 0.15) is 0 Å². The summed E-state index contributed by atoms with van der Waals surface area (Å²) < 4.78 is 5.28. The molecule has 0 saturated carbocycles. The van der Waals surface area contributed by atoms with Crippen LogP contribution in [0.5, 0.6) is 0 Å². The lowest BCUT2D eigenvalue weighted by molar-refractivity contribution is -0.380. The quantitative estimate of drug-likeness (QED) is 0.596. The Balaban J connectivity index is 1.71. The zero-order chi connectivity index (χ0) is 12.1. The molecular weight excluding hydrogens is 240 g/mol. The van der Waals surface area contributed by atoms with E-state index in [4.69, 9.17) is 4.74 Å². The second-order valence-electron chi connectivity index (χ2n) is 4.05. The normalized spacial score (nSPS) is 17.2. The highest BCUT2D eigenvalue weighted by molar-refractivity contribution is 7.15. The molecule has 0 aromatic carbocycles. The van der Waals surface area contributed by atoms with Crippen LogP contribution in [0.15, 0.2) is 12.1 Å². The van der Waals surface area contributed by atoms with E-state index in [-0.39, 0.29) is 9.92 Å². The molecule has 1 aromatic heterocycles. The molecule has 0 aliphatic carbocycles. The van der Waals surface area contributed by atoms with Crippen molar-refractivity contribution in [2.75, 3.05) is 32.8 Å². The maximum absolute atomic E-state index is 10.5. The molecular formula is C11H16N2O3S. The summed E-state index contributed by atoms with van der Waals surface area (Å²) in [6.07, 6.45) is 1.98. The van der Waals surface area contributed by atoms with E-state index in [0.717, 1.165) is 50.6 Å². The van der Waals surface area contributed by atoms with Crippen LogP contribution in [0.4, 0.5) is 5.00 Å². The Morgan fingerprint density at radius 2 is 2.18 bits per heavy atom. The van der Waals surface area contributed by atoms with Gasteiger partial charge in [-0.1, -0.05) is 11.3 Å². The summed E-state index contributed by atoms with van der Waals surface area (Å²) in [5, 5.41) is 10.8. The molecule has 0 radical (unpaired) electrons. The summed E-state index contributed by atoms with van der Waals surface area (Å²) in [4.78, 5) is 13.7. The summed E-state index contributed by atoms with van der Waals surface area (Å²) in [6, 6.07) is 3.46. The lowest BCUT2D eigenvalue weighted by Crippen LogP contribution is -2.36. The second kappa shape index (κ2) is 6.09. The molecule has 1 fully saturated rings. The number of aryl methyl sites for hydroxylation is 1. The minimum Gasteiger partial charge on any atom is -0.379 e. The van der Waals surface area contributed by atoms with Crippen molar-refractivity contribution >= 4 is 16.3 Å². The van der Waals surface area contributed by atoms with Crippen LogP contribution < -0.4 is 0 Å². The molecule has 0 spiro atoms. The van der Waals surface area contributed by atoms with Gasteiger partial charge >= 0.3 is 5.00 Å². The first kappa shape index (κ1) is 12.5. The van der Waals surface area contributed by atoms with Crippen molar-refractivity contribution in [2.45, 2.75) is 12.8 Å². The van der Waals surface area contributed by atoms with Crippen LogP contribution in [0.3, 0.4) is 0 Å². The third-order valence-corrected chi connectivity index (χ3v) is 3.93. The molecule has 2 rings (SSSR count). The fourth-order valence-electron chi connectivity index (χ4n) is 1.90. The highest BCUT2D eigenvalue weighted by Gasteiger charge is 2.11. The van der Waals surface area contributed by atoms with Gasteiger partial charge in [-0.05, 0) is 25.5 Å². The monoisotopic (exact) mass is 256 g/mol. The zero-order valence-corrected chi connectivity index (χ0v) is 10.4. The molecule has 1 aromatic rings. The Morgan fingerprint density at radius 3 is 2.82 bits per heavy atom. The number of hydrogen-bond acceptors (Lipinski definition) is 5. The van der Waals surface area contributed by atoms with Gasteiger partial charge in [0.15, 0.2) is 0 Å². The maximum atomic E-state index is 10.5. The second-order valence-corrected chi connectivity index (χ2v) is 5.20. The van der Waals surface area contributed by atoms with Gasteiger partial charge in [-0.25, -0.2) is 0 Å². The summed E-state index contributed by atoms with van der Waals surface area (Å²) in [7, 11) is 0. The Labute approximate surface area is 104 Å². The third kappa shape index (κ3) is 3.76. The van der Waals surface area contributed by atoms with Gasteiger partial charge in [0.2, 0.25) is 0 Å². The number of morpholine rings is 1. The third-order valence-electron chi connectivity index (χ3n) is 2.83. The molecule has 0 atom stereocenters. The molecule has 5 nitrogen and oxygen atoms in total. The van der Waals surface area contributed by atoms with E-state index >= 15 is 0 Å². The van der Waals surface area contributed by atoms with E-state index < -0.39 is 0 Å². The summed E-state index contributed by atoms with van der Waals surface area (Å²) in [5.74, 6) is 0. The summed E-state index contributed by atoms with van der Waals surface area (Å²) in [6.45, 7) is 4.71. The predicted octanol–water partition coefficient (Wildman–Crippen LogP) is 1.92. The van der Waals surface area contributed by atoms with Crippen molar-refractivity contribution in [3.05, 3.63) is 27.1 Å². The lowest BCUT2D eigenvalue weighted by Gasteiger charge is -2.26. The molecule has 1 aliphatic rings. The standard InChI is InChI=1S/C11H16N2O3S/c14-13(15)11-4-3-10(17-11)2-1-5-12-6-8-16-9-7-12/h3-4H,1-2,5-9H2. The molecule has 17 heavy (non-hydrogen) atoms. The molecule has 0 bridgehead atoms. The van der Waals surface area contributed by atoms with E-state index in [1.807, 2.05) is 6.07 Å². The minimum atomic E-state index is -0.323. The number of rotatable bonds is 5. The largest absolute Gasteiger partial charge is 0.379 e. The van der Waals surface area contributed by atoms with Crippen LogP contribution in [-0.2, 0) is 11.2 Å². The molecule has 2 heterocycles. The Hall–Kier alpha value is -0.980. The first-order valence-electron chi connectivity index (χ1n) is 5.79. The Morgan fingerprint density at radius 1 is 1.41 bits per heavy atom. The van der Waals surface area contributed by atoms with Crippen molar-refractivity contribution in [2.24, 2.45) is 0 Å². The van der Waals surface area contributed by atoms with E-state index in [0.29, 0.717) is 0 Å². The van der Waals surface area contributed by atoms with Crippen LogP contribution in [0.2, 0.25) is 0 Å². The highest BCUT2D eigenvalue weighted by Crippen LogP contribution is 2.24. The summed E-state index contributed by atoms with van der Waals surface area (Å²) >= 11 is 1.29.